The molecular formula is C16H23N3O2. The third kappa shape index (κ3) is 2.76. The van der Waals surface area contributed by atoms with E-state index in [2.05, 4.69) is 10.2 Å². The van der Waals surface area contributed by atoms with Gasteiger partial charge in [-0.05, 0) is 44.7 Å². The van der Waals surface area contributed by atoms with Crippen LogP contribution >= 0.6 is 0 Å². The highest BCUT2D eigenvalue weighted by atomic mass is 16.3. The van der Waals surface area contributed by atoms with Crippen molar-refractivity contribution in [2.45, 2.75) is 56.8 Å². The number of hydrogen-bond acceptors (Lipinski definition) is 4. The van der Waals surface area contributed by atoms with Gasteiger partial charge in [0.1, 0.15) is 0 Å². The lowest BCUT2D eigenvalue weighted by Crippen LogP contribution is -2.53. The van der Waals surface area contributed by atoms with Gasteiger partial charge in [0.15, 0.2) is 0 Å². The van der Waals surface area contributed by atoms with Crippen LogP contribution in [-0.2, 0) is 4.79 Å². The summed E-state index contributed by atoms with van der Waals surface area (Å²) >= 11 is 0. The van der Waals surface area contributed by atoms with E-state index in [1.807, 2.05) is 25.1 Å². The van der Waals surface area contributed by atoms with Crippen molar-refractivity contribution in [3.8, 4) is 0 Å². The number of fused-ring (bicyclic) bond motifs is 2. The normalized spacial score (nSPS) is 30.1. The minimum absolute atomic E-state index is 0.0267. The van der Waals surface area contributed by atoms with E-state index in [4.69, 9.17) is 5.73 Å². The van der Waals surface area contributed by atoms with Crippen LogP contribution < -0.4 is 11.1 Å². The van der Waals surface area contributed by atoms with Crippen LogP contribution in [0.2, 0.25) is 0 Å². The standard InChI is InChI=1S/C16H23N3O2/c1-10(16(21)18-15-5-3-2-4-14(15)17)19-11-6-7-12(19)9-13(20)8-11/h2-5,10-13,20H,6-9,17H2,1H3,(H,18,21). The zero-order valence-electron chi connectivity index (χ0n) is 12.3. The van der Waals surface area contributed by atoms with E-state index in [-0.39, 0.29) is 18.1 Å². The van der Waals surface area contributed by atoms with Crippen molar-refractivity contribution in [3.63, 3.8) is 0 Å². The maximum absolute atomic E-state index is 12.5. The summed E-state index contributed by atoms with van der Waals surface area (Å²) < 4.78 is 0. The molecule has 2 bridgehead atoms. The summed E-state index contributed by atoms with van der Waals surface area (Å²) in [5, 5.41) is 12.8. The Bertz CT molecular complexity index is 520. The number of rotatable bonds is 3. The highest BCUT2D eigenvalue weighted by molar-refractivity contribution is 5.97. The number of nitrogens with zero attached hydrogens (tertiary/aromatic N) is 1. The Kier molecular flexibility index (Phi) is 3.87. The molecule has 0 radical (unpaired) electrons. The first-order valence-corrected chi connectivity index (χ1v) is 7.67. The number of piperidine rings is 1. The molecule has 3 unspecified atom stereocenters. The van der Waals surface area contributed by atoms with Gasteiger partial charge in [-0.2, -0.15) is 0 Å². The van der Waals surface area contributed by atoms with Gasteiger partial charge in [-0.25, -0.2) is 0 Å². The lowest BCUT2D eigenvalue weighted by atomic mass is 9.98. The predicted octanol–water partition coefficient (Wildman–Crippen LogP) is 1.58. The number of amides is 1. The highest BCUT2D eigenvalue weighted by Crippen LogP contribution is 2.37. The first-order valence-electron chi connectivity index (χ1n) is 7.67. The molecule has 0 spiro atoms. The fourth-order valence-corrected chi connectivity index (χ4v) is 3.80. The second kappa shape index (κ2) is 5.66. The summed E-state index contributed by atoms with van der Waals surface area (Å²) in [7, 11) is 0. The fourth-order valence-electron chi connectivity index (χ4n) is 3.80. The maximum Gasteiger partial charge on any atom is 0.241 e. The van der Waals surface area contributed by atoms with Crippen LogP contribution in [0.25, 0.3) is 0 Å². The molecule has 0 aromatic heterocycles. The van der Waals surface area contributed by atoms with Crippen molar-refractivity contribution in [1.82, 2.24) is 4.90 Å². The monoisotopic (exact) mass is 289 g/mol. The number of aliphatic hydroxyl groups is 1. The Hall–Kier alpha value is -1.59. The highest BCUT2D eigenvalue weighted by Gasteiger charge is 2.43. The number of benzene rings is 1. The van der Waals surface area contributed by atoms with Gasteiger partial charge in [0, 0.05) is 12.1 Å². The zero-order valence-corrected chi connectivity index (χ0v) is 12.3. The average Bonchev–Trinajstić information content (AvgIpc) is 2.72. The predicted molar refractivity (Wildman–Crippen MR) is 82.8 cm³/mol. The van der Waals surface area contributed by atoms with Crippen LogP contribution in [0.3, 0.4) is 0 Å². The van der Waals surface area contributed by atoms with Gasteiger partial charge in [-0.1, -0.05) is 12.1 Å². The Morgan fingerprint density at radius 2 is 1.95 bits per heavy atom. The van der Waals surface area contributed by atoms with Crippen molar-refractivity contribution < 1.29 is 9.90 Å². The van der Waals surface area contributed by atoms with Crippen LogP contribution in [0.5, 0.6) is 0 Å². The number of nitrogens with one attached hydrogen (secondary N) is 1. The van der Waals surface area contributed by atoms with Gasteiger partial charge < -0.3 is 16.2 Å². The summed E-state index contributed by atoms with van der Waals surface area (Å²) in [6.07, 6.45) is 3.50. The number of para-hydroxylation sites is 2. The number of nitrogen functional groups attached to an aromatic ring is 1. The first kappa shape index (κ1) is 14.4. The summed E-state index contributed by atoms with van der Waals surface area (Å²) in [6, 6.07) is 7.75. The Morgan fingerprint density at radius 1 is 1.33 bits per heavy atom. The van der Waals surface area contributed by atoms with E-state index >= 15 is 0 Å². The molecule has 5 heteroatoms. The van der Waals surface area contributed by atoms with Crippen LogP contribution in [0, 0.1) is 0 Å². The van der Waals surface area contributed by atoms with E-state index < -0.39 is 0 Å². The third-order valence-electron chi connectivity index (χ3n) is 4.81. The molecule has 3 rings (SSSR count). The maximum atomic E-state index is 12.5. The number of anilines is 2. The molecule has 3 atom stereocenters. The average molecular weight is 289 g/mol. The quantitative estimate of drug-likeness (QED) is 0.738. The number of hydrogen-bond donors (Lipinski definition) is 3. The number of nitrogens with two attached hydrogens (primary N) is 1. The zero-order chi connectivity index (χ0) is 15.0. The van der Waals surface area contributed by atoms with E-state index in [0.29, 0.717) is 23.5 Å². The van der Waals surface area contributed by atoms with Crippen LogP contribution in [0.4, 0.5) is 11.4 Å². The Morgan fingerprint density at radius 3 is 2.57 bits per heavy atom. The molecule has 0 aliphatic carbocycles. The summed E-state index contributed by atoms with van der Waals surface area (Å²) in [5.41, 5.74) is 7.12. The van der Waals surface area contributed by atoms with Crippen LogP contribution in [-0.4, -0.2) is 40.1 Å². The van der Waals surface area contributed by atoms with E-state index in [0.717, 1.165) is 25.7 Å². The number of carbonyl (C=O) groups excluding carboxylic acids is 1. The van der Waals surface area contributed by atoms with Crippen molar-refractivity contribution in [2.24, 2.45) is 0 Å². The first-order chi connectivity index (χ1) is 10.1. The molecule has 5 nitrogen and oxygen atoms in total. The molecule has 2 saturated heterocycles. The van der Waals surface area contributed by atoms with Crippen molar-refractivity contribution in [1.29, 1.82) is 0 Å². The number of carbonyl (C=O) groups is 1. The van der Waals surface area contributed by atoms with Crippen LogP contribution in [0.1, 0.15) is 32.6 Å². The molecule has 2 fully saturated rings. The second-order valence-electron chi connectivity index (χ2n) is 6.21. The molecule has 2 aliphatic rings. The van der Waals surface area contributed by atoms with Gasteiger partial charge in [0.05, 0.1) is 23.5 Å². The molecule has 1 aromatic rings. The molecule has 1 aromatic carbocycles. The van der Waals surface area contributed by atoms with Crippen molar-refractivity contribution in [3.05, 3.63) is 24.3 Å². The third-order valence-corrected chi connectivity index (χ3v) is 4.81. The van der Waals surface area contributed by atoms with E-state index in [1.165, 1.54) is 0 Å². The largest absolute Gasteiger partial charge is 0.397 e. The minimum atomic E-state index is -0.209. The van der Waals surface area contributed by atoms with Gasteiger partial charge in [0.2, 0.25) is 5.91 Å². The summed E-state index contributed by atoms with van der Waals surface area (Å²) in [5.74, 6) is -0.0267. The molecule has 21 heavy (non-hydrogen) atoms. The van der Waals surface area contributed by atoms with Gasteiger partial charge >= 0.3 is 0 Å². The van der Waals surface area contributed by atoms with Crippen molar-refractivity contribution in [2.75, 3.05) is 11.1 Å². The van der Waals surface area contributed by atoms with Crippen molar-refractivity contribution >= 4 is 17.3 Å². The summed E-state index contributed by atoms with van der Waals surface area (Å²) in [4.78, 5) is 14.8. The molecule has 114 valence electrons. The number of aliphatic hydroxyl groups excluding tert-OH is 1. The molecule has 2 aliphatic heterocycles. The van der Waals surface area contributed by atoms with Gasteiger partial charge in [0.25, 0.3) is 0 Å². The minimum Gasteiger partial charge on any atom is -0.397 e. The van der Waals surface area contributed by atoms with E-state index in [9.17, 15) is 9.90 Å². The second-order valence-corrected chi connectivity index (χ2v) is 6.21. The molecule has 4 N–H and O–H groups in total. The summed E-state index contributed by atoms with van der Waals surface area (Å²) in [6.45, 7) is 1.94. The van der Waals surface area contributed by atoms with Crippen LogP contribution in [0.15, 0.2) is 24.3 Å². The molecule has 2 heterocycles. The molecular weight excluding hydrogens is 266 g/mol. The lowest BCUT2D eigenvalue weighted by Gasteiger charge is -2.40. The fraction of sp³-hybridized carbons (Fsp3) is 0.562. The molecule has 0 saturated carbocycles. The smallest absolute Gasteiger partial charge is 0.241 e. The van der Waals surface area contributed by atoms with Gasteiger partial charge in [-0.3, -0.25) is 9.69 Å². The Balaban J connectivity index is 1.69. The van der Waals surface area contributed by atoms with E-state index in [1.54, 1.807) is 6.07 Å². The SMILES string of the molecule is CC(C(=O)Nc1ccccc1N)N1C2CCC1CC(O)C2. The van der Waals surface area contributed by atoms with Gasteiger partial charge in [-0.15, -0.1) is 0 Å². The topological polar surface area (TPSA) is 78.6 Å². The Labute approximate surface area is 125 Å². The lowest BCUT2D eigenvalue weighted by molar-refractivity contribution is -0.123. The molecule has 1 amide bonds.